The van der Waals surface area contributed by atoms with Crippen LogP contribution in [0.1, 0.15) is 24.5 Å². The average molecular weight is 380 g/mol. The fourth-order valence-electron chi connectivity index (χ4n) is 2.76. The van der Waals surface area contributed by atoms with E-state index in [1.807, 2.05) is 36.4 Å². The second-order valence-corrected chi connectivity index (χ2v) is 8.65. The molecule has 0 aromatic heterocycles. The predicted octanol–water partition coefficient (Wildman–Crippen LogP) is 3.88. The Hall–Kier alpha value is -1.40. The molecular weight excluding hydrogens is 358 g/mol. The van der Waals surface area contributed by atoms with Crippen molar-refractivity contribution >= 4 is 21.6 Å². The highest BCUT2D eigenvalue weighted by atomic mass is 35.5. The maximum Gasteiger partial charge on any atom is 0.243 e. The van der Waals surface area contributed by atoms with Gasteiger partial charge in [0.2, 0.25) is 10.0 Å². The van der Waals surface area contributed by atoms with Gasteiger partial charge in [0.05, 0.1) is 17.6 Å². The average Bonchev–Trinajstić information content (AvgIpc) is 2.56. The molecule has 1 fully saturated rings. The quantitative estimate of drug-likeness (QED) is 0.733. The van der Waals surface area contributed by atoms with Gasteiger partial charge in [-0.05, 0) is 41.8 Å². The molecule has 0 saturated carbocycles. The van der Waals surface area contributed by atoms with Gasteiger partial charge >= 0.3 is 0 Å². The Morgan fingerprint density at radius 3 is 2.24 bits per heavy atom. The number of sulfonamides is 1. The molecule has 0 aliphatic carbocycles. The molecule has 2 aromatic rings. The summed E-state index contributed by atoms with van der Waals surface area (Å²) in [6.07, 6.45) is 1.94. The largest absolute Gasteiger partial charge is 0.371 e. The van der Waals surface area contributed by atoms with Crippen LogP contribution in [0.5, 0.6) is 0 Å². The Balaban J connectivity index is 1.53. The molecule has 1 aliphatic heterocycles. The first-order chi connectivity index (χ1) is 12.0. The van der Waals surface area contributed by atoms with Crippen molar-refractivity contribution in [1.29, 1.82) is 0 Å². The van der Waals surface area contributed by atoms with E-state index in [0.717, 1.165) is 24.0 Å². The Labute approximate surface area is 154 Å². The fourth-order valence-corrected chi connectivity index (χ4v) is 4.39. The molecule has 2 aromatic carbocycles. The number of hydrogen-bond acceptors (Lipinski definition) is 3. The van der Waals surface area contributed by atoms with Crippen molar-refractivity contribution in [2.24, 2.45) is 0 Å². The van der Waals surface area contributed by atoms with E-state index in [-0.39, 0.29) is 6.10 Å². The summed E-state index contributed by atoms with van der Waals surface area (Å²) in [6, 6.07) is 14.6. The smallest absolute Gasteiger partial charge is 0.243 e. The van der Waals surface area contributed by atoms with Crippen LogP contribution in [0.15, 0.2) is 53.4 Å². The van der Waals surface area contributed by atoms with Gasteiger partial charge in [-0.15, -0.1) is 0 Å². The zero-order valence-electron chi connectivity index (χ0n) is 14.2. The third-order valence-electron chi connectivity index (χ3n) is 4.31. The third-order valence-corrected chi connectivity index (χ3v) is 6.41. The Morgan fingerprint density at radius 1 is 1.04 bits per heavy atom. The van der Waals surface area contributed by atoms with E-state index in [2.05, 4.69) is 6.92 Å². The molecule has 134 valence electrons. The molecule has 4 nitrogen and oxygen atoms in total. The van der Waals surface area contributed by atoms with Crippen molar-refractivity contribution in [1.82, 2.24) is 4.31 Å². The Bertz CT molecular complexity index is 798. The molecule has 1 aliphatic rings. The molecule has 0 bridgehead atoms. The van der Waals surface area contributed by atoms with Gasteiger partial charge in [0, 0.05) is 18.1 Å². The van der Waals surface area contributed by atoms with Gasteiger partial charge in [-0.3, -0.25) is 0 Å². The summed E-state index contributed by atoms with van der Waals surface area (Å²) in [5, 5.41) is 0.689. The lowest BCUT2D eigenvalue weighted by atomic mass is 10.1. The minimum Gasteiger partial charge on any atom is -0.371 e. The number of halogens is 1. The van der Waals surface area contributed by atoms with E-state index in [1.165, 1.54) is 4.31 Å². The number of benzene rings is 2. The molecule has 0 N–H and O–H groups in total. The molecule has 1 saturated heterocycles. The second kappa shape index (κ2) is 7.87. The number of nitrogens with zero attached hydrogens (tertiary/aromatic N) is 1. The van der Waals surface area contributed by atoms with Gasteiger partial charge in [0.25, 0.3) is 0 Å². The second-order valence-electron chi connectivity index (χ2n) is 6.28. The molecule has 0 radical (unpaired) electrons. The van der Waals surface area contributed by atoms with Crippen LogP contribution < -0.4 is 0 Å². The predicted molar refractivity (Wildman–Crippen MR) is 99.2 cm³/mol. The zero-order chi connectivity index (χ0) is 17.9. The standard InChI is InChI=1S/C19H22ClNO3S/c1-2-3-15-6-10-19(11-7-15)25(22,23)21-12-18(13-21)24-14-16-4-8-17(20)9-5-16/h4-11,18H,2-3,12-14H2,1H3. The van der Waals surface area contributed by atoms with Gasteiger partial charge in [0.1, 0.15) is 0 Å². The van der Waals surface area contributed by atoms with Crippen LogP contribution in [-0.2, 0) is 27.8 Å². The first-order valence-corrected chi connectivity index (χ1v) is 10.3. The maximum absolute atomic E-state index is 12.6. The summed E-state index contributed by atoms with van der Waals surface area (Å²) in [5.74, 6) is 0. The Kier molecular flexibility index (Phi) is 5.79. The topological polar surface area (TPSA) is 46.6 Å². The van der Waals surface area contributed by atoms with Gasteiger partial charge in [-0.1, -0.05) is 49.2 Å². The third kappa shape index (κ3) is 4.42. The highest BCUT2D eigenvalue weighted by Gasteiger charge is 2.37. The van der Waals surface area contributed by atoms with Crippen LogP contribution in [0.3, 0.4) is 0 Å². The highest BCUT2D eigenvalue weighted by Crippen LogP contribution is 2.24. The monoisotopic (exact) mass is 379 g/mol. The summed E-state index contributed by atoms with van der Waals surface area (Å²) in [4.78, 5) is 0.350. The van der Waals surface area contributed by atoms with E-state index >= 15 is 0 Å². The van der Waals surface area contributed by atoms with Crippen LogP contribution in [0.25, 0.3) is 0 Å². The lowest BCUT2D eigenvalue weighted by molar-refractivity contribution is -0.0295. The van der Waals surface area contributed by atoms with Crippen LogP contribution in [0.4, 0.5) is 0 Å². The van der Waals surface area contributed by atoms with E-state index in [1.54, 1.807) is 12.1 Å². The number of ether oxygens (including phenoxy) is 1. The normalized spacial score (nSPS) is 15.9. The van der Waals surface area contributed by atoms with Crippen molar-refractivity contribution in [3.63, 3.8) is 0 Å². The molecule has 0 spiro atoms. The lowest BCUT2D eigenvalue weighted by Gasteiger charge is -2.37. The summed E-state index contributed by atoms with van der Waals surface area (Å²) in [7, 11) is -3.42. The van der Waals surface area contributed by atoms with Gasteiger partial charge < -0.3 is 4.74 Å². The van der Waals surface area contributed by atoms with Crippen LogP contribution in [0.2, 0.25) is 5.02 Å². The van der Waals surface area contributed by atoms with Crippen LogP contribution in [-0.4, -0.2) is 31.9 Å². The van der Waals surface area contributed by atoms with Crippen molar-refractivity contribution in [3.8, 4) is 0 Å². The van der Waals surface area contributed by atoms with Crippen LogP contribution >= 0.6 is 11.6 Å². The highest BCUT2D eigenvalue weighted by molar-refractivity contribution is 7.89. The van der Waals surface area contributed by atoms with Gasteiger partial charge in [0.15, 0.2) is 0 Å². The summed E-state index contributed by atoms with van der Waals surface area (Å²) < 4.78 is 32.4. The molecule has 0 unspecified atom stereocenters. The SMILES string of the molecule is CCCc1ccc(S(=O)(=O)N2CC(OCc3ccc(Cl)cc3)C2)cc1. The van der Waals surface area contributed by atoms with Crippen molar-refractivity contribution in [2.45, 2.75) is 37.4 Å². The van der Waals surface area contributed by atoms with Crippen molar-refractivity contribution < 1.29 is 13.2 Å². The number of rotatable bonds is 7. The van der Waals surface area contributed by atoms with Crippen LogP contribution in [0, 0.1) is 0 Å². The molecule has 1 heterocycles. The molecule has 25 heavy (non-hydrogen) atoms. The number of hydrogen-bond donors (Lipinski definition) is 0. The minimum absolute atomic E-state index is 0.0650. The molecule has 6 heteroatoms. The fraction of sp³-hybridized carbons (Fsp3) is 0.368. The van der Waals surface area contributed by atoms with Gasteiger partial charge in [-0.25, -0.2) is 8.42 Å². The van der Waals surface area contributed by atoms with E-state index in [4.69, 9.17) is 16.3 Å². The molecule has 3 rings (SSSR count). The summed E-state index contributed by atoms with van der Waals surface area (Å²) in [5.41, 5.74) is 2.19. The summed E-state index contributed by atoms with van der Waals surface area (Å²) >= 11 is 5.85. The molecular formula is C19H22ClNO3S. The minimum atomic E-state index is -3.42. The van der Waals surface area contributed by atoms with Crippen molar-refractivity contribution in [3.05, 3.63) is 64.7 Å². The summed E-state index contributed by atoms with van der Waals surface area (Å²) in [6.45, 7) is 3.36. The lowest BCUT2D eigenvalue weighted by Crippen LogP contribution is -2.54. The van der Waals surface area contributed by atoms with E-state index in [0.29, 0.717) is 29.6 Å². The van der Waals surface area contributed by atoms with E-state index < -0.39 is 10.0 Å². The maximum atomic E-state index is 12.6. The first-order valence-electron chi connectivity index (χ1n) is 8.44. The molecule has 0 amide bonds. The zero-order valence-corrected chi connectivity index (χ0v) is 15.8. The van der Waals surface area contributed by atoms with Gasteiger partial charge in [-0.2, -0.15) is 4.31 Å². The number of aryl methyl sites for hydroxylation is 1. The Morgan fingerprint density at radius 2 is 1.64 bits per heavy atom. The molecule has 0 atom stereocenters. The van der Waals surface area contributed by atoms with E-state index in [9.17, 15) is 8.42 Å². The van der Waals surface area contributed by atoms with Crippen molar-refractivity contribution in [2.75, 3.05) is 13.1 Å². The first kappa shape index (κ1) is 18.4.